The molecular weight excluding hydrogens is 324 g/mol. The molecule has 0 bridgehead atoms. The summed E-state index contributed by atoms with van der Waals surface area (Å²) in [5, 5.41) is 4.97. The van der Waals surface area contributed by atoms with Crippen LogP contribution >= 0.6 is 11.8 Å². The lowest BCUT2D eigenvalue weighted by molar-refractivity contribution is -0.122. The Labute approximate surface area is 144 Å². The average molecular weight is 342 g/mol. The van der Waals surface area contributed by atoms with Crippen molar-refractivity contribution in [3.8, 4) is 0 Å². The number of carbonyl (C=O) groups is 2. The van der Waals surface area contributed by atoms with E-state index in [1.54, 1.807) is 4.90 Å². The van der Waals surface area contributed by atoms with Gasteiger partial charge in [-0.25, -0.2) is 10.4 Å². The van der Waals surface area contributed by atoms with Gasteiger partial charge in [0.1, 0.15) is 6.04 Å². The van der Waals surface area contributed by atoms with E-state index in [1.807, 2.05) is 39.0 Å². The Morgan fingerprint density at radius 2 is 2.12 bits per heavy atom. The number of anilines is 1. The van der Waals surface area contributed by atoms with Gasteiger partial charge in [0.05, 0.1) is 11.4 Å². The van der Waals surface area contributed by atoms with Crippen LogP contribution in [0.2, 0.25) is 0 Å². The number of hydrogen-bond donors (Lipinski definition) is 1. The molecule has 0 aromatic heterocycles. The van der Waals surface area contributed by atoms with E-state index in [9.17, 15) is 9.59 Å². The predicted octanol–water partition coefficient (Wildman–Crippen LogP) is 2.38. The summed E-state index contributed by atoms with van der Waals surface area (Å²) < 4.78 is 0. The number of fused-ring (bicyclic) bond motifs is 3. The fourth-order valence-corrected chi connectivity index (χ4v) is 4.26. The first kappa shape index (κ1) is 15.4. The lowest BCUT2D eigenvalue weighted by Gasteiger charge is -2.20. The number of amides is 2. The van der Waals surface area contributed by atoms with Gasteiger partial charge >= 0.3 is 0 Å². The molecule has 24 heavy (non-hydrogen) atoms. The van der Waals surface area contributed by atoms with Crippen LogP contribution in [0.1, 0.15) is 32.8 Å². The second-order valence-electron chi connectivity index (χ2n) is 6.70. The van der Waals surface area contributed by atoms with Crippen LogP contribution < -0.4 is 10.3 Å². The lowest BCUT2D eigenvalue weighted by Crippen LogP contribution is -2.34. The summed E-state index contributed by atoms with van der Waals surface area (Å²) in [5.41, 5.74) is 5.20. The SMILES string of the molecule is CC1CC(=O)NN=C1c1ccc2c(c1)N1C(=O)C(C(C)C)N=C1S2. The third-order valence-corrected chi connectivity index (χ3v) is 5.54. The number of carbonyl (C=O) groups excluding carboxylic acids is 2. The molecule has 0 radical (unpaired) electrons. The molecule has 6 nitrogen and oxygen atoms in total. The molecule has 0 saturated carbocycles. The number of nitrogens with one attached hydrogen (secondary N) is 1. The Balaban J connectivity index is 1.71. The number of hydrazone groups is 1. The second kappa shape index (κ2) is 5.44. The third kappa shape index (κ3) is 2.26. The van der Waals surface area contributed by atoms with Gasteiger partial charge in [0.15, 0.2) is 5.17 Å². The molecule has 124 valence electrons. The van der Waals surface area contributed by atoms with Gasteiger partial charge in [0.25, 0.3) is 5.91 Å². The monoisotopic (exact) mass is 342 g/mol. The average Bonchev–Trinajstić information content (AvgIpc) is 3.04. The molecule has 0 spiro atoms. The van der Waals surface area contributed by atoms with Crippen LogP contribution in [0, 0.1) is 11.8 Å². The summed E-state index contributed by atoms with van der Waals surface area (Å²) in [6.07, 6.45) is 0.426. The Bertz CT molecular complexity index is 815. The fraction of sp³-hybridized carbons (Fsp3) is 0.412. The van der Waals surface area contributed by atoms with Crippen molar-refractivity contribution in [2.45, 2.75) is 38.1 Å². The molecule has 1 aromatic carbocycles. The maximum atomic E-state index is 12.7. The van der Waals surface area contributed by atoms with Gasteiger partial charge in [-0.1, -0.05) is 26.8 Å². The Morgan fingerprint density at radius 1 is 1.33 bits per heavy atom. The molecule has 3 aliphatic heterocycles. The zero-order valence-electron chi connectivity index (χ0n) is 13.7. The van der Waals surface area contributed by atoms with Crippen molar-refractivity contribution < 1.29 is 9.59 Å². The van der Waals surface area contributed by atoms with Crippen LogP contribution in [0.15, 0.2) is 33.2 Å². The predicted molar refractivity (Wildman–Crippen MR) is 94.3 cm³/mol. The van der Waals surface area contributed by atoms with Crippen molar-refractivity contribution in [3.05, 3.63) is 23.8 Å². The number of benzene rings is 1. The molecule has 1 aromatic rings. The molecule has 0 aliphatic carbocycles. The number of nitrogens with zero attached hydrogens (tertiary/aromatic N) is 3. The third-order valence-electron chi connectivity index (χ3n) is 4.50. The largest absolute Gasteiger partial charge is 0.273 e. The molecule has 4 rings (SSSR count). The fourth-order valence-electron chi connectivity index (χ4n) is 3.22. The van der Waals surface area contributed by atoms with E-state index in [4.69, 9.17) is 0 Å². The maximum absolute atomic E-state index is 12.7. The van der Waals surface area contributed by atoms with Crippen molar-refractivity contribution in [2.75, 3.05) is 4.90 Å². The van der Waals surface area contributed by atoms with Crippen LogP contribution in [0.4, 0.5) is 5.69 Å². The topological polar surface area (TPSA) is 74.1 Å². The highest BCUT2D eigenvalue weighted by Crippen LogP contribution is 2.44. The molecule has 1 N–H and O–H groups in total. The van der Waals surface area contributed by atoms with E-state index in [1.165, 1.54) is 11.8 Å². The van der Waals surface area contributed by atoms with Gasteiger partial charge in [-0.3, -0.25) is 14.5 Å². The molecule has 2 amide bonds. The van der Waals surface area contributed by atoms with Gasteiger partial charge in [0, 0.05) is 22.8 Å². The van der Waals surface area contributed by atoms with Crippen LogP contribution in [0.25, 0.3) is 0 Å². The highest BCUT2D eigenvalue weighted by molar-refractivity contribution is 8.15. The zero-order chi connectivity index (χ0) is 17.0. The number of rotatable bonds is 2. The van der Waals surface area contributed by atoms with Crippen LogP contribution in [0.5, 0.6) is 0 Å². The summed E-state index contributed by atoms with van der Waals surface area (Å²) in [4.78, 5) is 31.5. The molecule has 2 unspecified atom stereocenters. The quantitative estimate of drug-likeness (QED) is 0.897. The molecule has 0 saturated heterocycles. The molecule has 3 aliphatic rings. The van der Waals surface area contributed by atoms with E-state index in [-0.39, 0.29) is 29.7 Å². The van der Waals surface area contributed by atoms with Gasteiger partial charge in [-0.15, -0.1) is 0 Å². The summed E-state index contributed by atoms with van der Waals surface area (Å²) in [6, 6.07) is 5.68. The number of aliphatic imine (C=N–C) groups is 1. The Hall–Kier alpha value is -2.15. The van der Waals surface area contributed by atoms with Gasteiger partial charge in [-0.2, -0.15) is 5.10 Å². The van der Waals surface area contributed by atoms with Gasteiger partial charge in [-0.05, 0) is 29.8 Å². The first-order chi connectivity index (χ1) is 11.5. The smallest absolute Gasteiger partial charge is 0.258 e. The first-order valence-corrected chi connectivity index (χ1v) is 8.88. The minimum Gasteiger partial charge on any atom is -0.273 e. The number of hydrogen-bond acceptors (Lipinski definition) is 5. The normalized spacial score (nSPS) is 25.4. The van der Waals surface area contributed by atoms with E-state index in [2.05, 4.69) is 15.5 Å². The Kier molecular flexibility index (Phi) is 3.49. The molecule has 0 fully saturated rings. The second-order valence-corrected chi connectivity index (χ2v) is 7.71. The summed E-state index contributed by atoms with van der Waals surface area (Å²) in [6.45, 7) is 6.01. The molecular formula is C17H18N4O2S. The van der Waals surface area contributed by atoms with E-state index >= 15 is 0 Å². The van der Waals surface area contributed by atoms with Crippen LogP contribution in [-0.2, 0) is 9.59 Å². The standard InChI is InChI=1S/C17H18N4O2S/c1-8(2)14-16(23)21-11-7-10(4-5-12(11)24-17(21)18-14)15-9(3)6-13(22)19-20-15/h4-5,7-9,14H,6H2,1-3H3,(H,19,22). The van der Waals surface area contributed by atoms with Crippen molar-refractivity contribution in [1.29, 1.82) is 0 Å². The van der Waals surface area contributed by atoms with Crippen LogP contribution in [-0.4, -0.2) is 28.7 Å². The zero-order valence-corrected chi connectivity index (χ0v) is 14.6. The number of amidine groups is 1. The van der Waals surface area contributed by atoms with Crippen molar-refractivity contribution in [2.24, 2.45) is 21.9 Å². The lowest BCUT2D eigenvalue weighted by atomic mass is 9.94. The van der Waals surface area contributed by atoms with E-state index in [0.717, 1.165) is 27.0 Å². The minimum absolute atomic E-state index is 0.0373. The maximum Gasteiger partial charge on any atom is 0.258 e. The minimum atomic E-state index is -0.297. The summed E-state index contributed by atoms with van der Waals surface area (Å²) in [7, 11) is 0. The summed E-state index contributed by atoms with van der Waals surface area (Å²) >= 11 is 1.53. The first-order valence-electron chi connectivity index (χ1n) is 8.06. The van der Waals surface area contributed by atoms with Gasteiger partial charge < -0.3 is 0 Å². The van der Waals surface area contributed by atoms with Crippen molar-refractivity contribution in [1.82, 2.24) is 5.43 Å². The van der Waals surface area contributed by atoms with Crippen molar-refractivity contribution in [3.63, 3.8) is 0 Å². The molecule has 2 atom stereocenters. The molecule has 3 heterocycles. The van der Waals surface area contributed by atoms with Gasteiger partial charge in [0.2, 0.25) is 5.91 Å². The molecule has 7 heteroatoms. The Morgan fingerprint density at radius 3 is 2.83 bits per heavy atom. The van der Waals surface area contributed by atoms with Crippen LogP contribution in [0.3, 0.4) is 0 Å². The van der Waals surface area contributed by atoms with E-state index in [0.29, 0.717) is 6.42 Å². The number of thioether (sulfide) groups is 1. The van der Waals surface area contributed by atoms with Crippen molar-refractivity contribution >= 4 is 40.1 Å². The van der Waals surface area contributed by atoms with E-state index < -0.39 is 0 Å². The highest BCUT2D eigenvalue weighted by atomic mass is 32.2. The summed E-state index contributed by atoms with van der Waals surface area (Å²) in [5.74, 6) is 0.208. The highest BCUT2D eigenvalue weighted by Gasteiger charge is 2.42.